The minimum Gasteiger partial charge on any atom is -0.481 e. The molecule has 0 aliphatic heterocycles. The first-order valence-corrected chi connectivity index (χ1v) is 3.02. The lowest BCUT2D eigenvalue weighted by Gasteiger charge is -2.07. The van der Waals surface area contributed by atoms with Gasteiger partial charge in [0.1, 0.15) is 0 Å². The Hall–Kier alpha value is -0.570. The second-order valence-corrected chi connectivity index (χ2v) is 2.45. The van der Waals surface area contributed by atoms with E-state index in [1.807, 2.05) is 0 Å². The van der Waals surface area contributed by atoms with Crippen LogP contribution in [0.25, 0.3) is 0 Å². The molecular weight excluding hydrogens is 118 g/mol. The second-order valence-electron chi connectivity index (χ2n) is 2.45. The van der Waals surface area contributed by atoms with Crippen molar-refractivity contribution in [1.82, 2.24) is 0 Å². The van der Waals surface area contributed by atoms with E-state index in [4.69, 9.17) is 10.8 Å². The molecule has 0 aromatic rings. The van der Waals surface area contributed by atoms with Gasteiger partial charge in [-0.2, -0.15) is 0 Å². The van der Waals surface area contributed by atoms with Gasteiger partial charge in [0.25, 0.3) is 0 Å². The lowest BCUT2D eigenvalue weighted by atomic mass is 10.0. The summed E-state index contributed by atoms with van der Waals surface area (Å²) >= 11 is 0. The third kappa shape index (κ3) is 3.97. The van der Waals surface area contributed by atoms with Crippen molar-refractivity contribution in [2.75, 3.05) is 0 Å². The highest BCUT2D eigenvalue weighted by Gasteiger charge is 2.11. The Labute approximate surface area is 54.9 Å². The van der Waals surface area contributed by atoms with E-state index in [0.717, 1.165) is 0 Å². The van der Waals surface area contributed by atoms with Crippen molar-refractivity contribution in [1.29, 1.82) is 0 Å². The van der Waals surface area contributed by atoms with Crippen LogP contribution in [0.4, 0.5) is 0 Å². The van der Waals surface area contributed by atoms with Gasteiger partial charge in [-0.1, -0.05) is 6.92 Å². The Kier molecular flexibility index (Phi) is 3.24. The summed E-state index contributed by atoms with van der Waals surface area (Å²) in [7, 11) is 0. The van der Waals surface area contributed by atoms with Gasteiger partial charge in [-0.25, -0.2) is 0 Å². The Bertz CT molecular complexity index is 101. The molecule has 0 aliphatic carbocycles. The molecule has 0 amide bonds. The normalized spacial score (nSPS) is 16.8. The van der Waals surface area contributed by atoms with Gasteiger partial charge in [0, 0.05) is 6.04 Å². The maximum Gasteiger partial charge on any atom is 0.306 e. The fraction of sp³-hybridized carbons (Fsp3) is 0.833. The number of hydrogen-bond acceptors (Lipinski definition) is 2. The summed E-state index contributed by atoms with van der Waals surface area (Å²) in [6.07, 6.45) is 0.551. The molecule has 0 spiro atoms. The first kappa shape index (κ1) is 8.43. The lowest BCUT2D eigenvalue weighted by Crippen LogP contribution is -2.22. The highest BCUT2D eigenvalue weighted by atomic mass is 16.4. The fourth-order valence-electron chi connectivity index (χ4n) is 0.658. The van der Waals surface area contributed by atoms with Crippen molar-refractivity contribution in [2.24, 2.45) is 11.7 Å². The molecule has 3 N–H and O–H groups in total. The molecule has 0 saturated carbocycles. The molecule has 0 rings (SSSR count). The number of carboxylic acids is 1. The van der Waals surface area contributed by atoms with Crippen LogP contribution in [-0.4, -0.2) is 17.1 Å². The van der Waals surface area contributed by atoms with Gasteiger partial charge in [-0.15, -0.1) is 0 Å². The van der Waals surface area contributed by atoms with Crippen LogP contribution in [0.2, 0.25) is 0 Å². The molecule has 0 radical (unpaired) electrons. The van der Waals surface area contributed by atoms with Crippen LogP contribution in [-0.2, 0) is 4.79 Å². The van der Waals surface area contributed by atoms with Crippen LogP contribution in [0.5, 0.6) is 0 Å². The molecule has 0 aliphatic rings. The molecule has 2 atom stereocenters. The van der Waals surface area contributed by atoms with Crippen LogP contribution >= 0.6 is 0 Å². The van der Waals surface area contributed by atoms with Crippen LogP contribution in [0.3, 0.4) is 0 Å². The quantitative estimate of drug-likeness (QED) is 0.584. The number of aliphatic carboxylic acids is 1. The first-order valence-electron chi connectivity index (χ1n) is 3.02. The number of carbonyl (C=O) groups is 1. The maximum atomic E-state index is 10.2. The van der Waals surface area contributed by atoms with Gasteiger partial charge >= 0.3 is 5.97 Å². The molecule has 1 unspecified atom stereocenters. The van der Waals surface area contributed by atoms with Crippen molar-refractivity contribution in [3.05, 3.63) is 0 Å². The van der Waals surface area contributed by atoms with Crippen LogP contribution in [0.15, 0.2) is 0 Å². The maximum absolute atomic E-state index is 10.2. The topological polar surface area (TPSA) is 63.3 Å². The Morgan fingerprint density at radius 3 is 2.22 bits per heavy atom. The zero-order chi connectivity index (χ0) is 7.44. The molecule has 0 fully saturated rings. The van der Waals surface area contributed by atoms with Crippen molar-refractivity contribution < 1.29 is 9.90 Å². The number of nitrogens with two attached hydrogens (primary N) is 1. The summed E-state index contributed by atoms with van der Waals surface area (Å²) in [5.74, 6) is -1.09. The summed E-state index contributed by atoms with van der Waals surface area (Å²) in [5.41, 5.74) is 5.37. The van der Waals surface area contributed by atoms with E-state index in [9.17, 15) is 4.79 Å². The summed E-state index contributed by atoms with van der Waals surface area (Å²) in [6.45, 7) is 3.46. The zero-order valence-electron chi connectivity index (χ0n) is 5.79. The number of rotatable bonds is 3. The standard InChI is InChI=1S/C6H13NO2/c1-4(6(8)9)3-5(2)7/h4-5H,3,7H2,1-2H3,(H,8,9)/t4?,5-/m1/s1. The molecule has 54 valence electrons. The average molecular weight is 131 g/mol. The summed E-state index contributed by atoms with van der Waals surface area (Å²) in [6, 6.07) is -0.0175. The molecule has 3 nitrogen and oxygen atoms in total. The van der Waals surface area contributed by atoms with Crippen molar-refractivity contribution >= 4 is 5.97 Å². The predicted octanol–water partition coefficient (Wildman–Crippen LogP) is 0.444. The van der Waals surface area contributed by atoms with E-state index >= 15 is 0 Å². The Morgan fingerprint density at radius 1 is 1.67 bits per heavy atom. The average Bonchev–Trinajstić information content (AvgIpc) is 1.63. The van der Waals surface area contributed by atoms with Gasteiger partial charge in [0.05, 0.1) is 5.92 Å². The van der Waals surface area contributed by atoms with Crippen LogP contribution in [0, 0.1) is 5.92 Å². The molecule has 9 heavy (non-hydrogen) atoms. The zero-order valence-corrected chi connectivity index (χ0v) is 5.79. The van der Waals surface area contributed by atoms with Gasteiger partial charge in [-0.05, 0) is 13.3 Å². The minimum atomic E-state index is -0.771. The third-order valence-electron chi connectivity index (χ3n) is 1.15. The van der Waals surface area contributed by atoms with Crippen molar-refractivity contribution in [3.63, 3.8) is 0 Å². The van der Waals surface area contributed by atoms with Crippen LogP contribution in [0.1, 0.15) is 20.3 Å². The van der Waals surface area contributed by atoms with Gasteiger partial charge < -0.3 is 10.8 Å². The SMILES string of the molecule is CC(C[C@@H](C)N)C(=O)O. The van der Waals surface area contributed by atoms with Crippen LogP contribution < -0.4 is 5.73 Å². The molecule has 0 aromatic heterocycles. The lowest BCUT2D eigenvalue weighted by molar-refractivity contribution is -0.141. The van der Waals surface area contributed by atoms with Gasteiger partial charge in [0.2, 0.25) is 0 Å². The minimum absolute atomic E-state index is 0.0175. The summed E-state index contributed by atoms with van der Waals surface area (Å²) in [4.78, 5) is 10.2. The predicted molar refractivity (Wildman–Crippen MR) is 35.1 cm³/mol. The van der Waals surface area contributed by atoms with E-state index in [1.165, 1.54) is 0 Å². The second kappa shape index (κ2) is 3.45. The molecule has 0 saturated heterocycles. The number of carboxylic acid groups (broad SMARTS) is 1. The van der Waals surface area contributed by atoms with E-state index in [2.05, 4.69) is 0 Å². The first-order chi connectivity index (χ1) is 4.04. The summed E-state index contributed by atoms with van der Waals surface area (Å²) in [5, 5.41) is 8.38. The molecule has 0 aromatic carbocycles. The summed E-state index contributed by atoms with van der Waals surface area (Å²) < 4.78 is 0. The smallest absolute Gasteiger partial charge is 0.306 e. The fourth-order valence-corrected chi connectivity index (χ4v) is 0.658. The third-order valence-corrected chi connectivity index (χ3v) is 1.15. The largest absolute Gasteiger partial charge is 0.481 e. The molecule has 3 heteroatoms. The monoisotopic (exact) mass is 131 g/mol. The van der Waals surface area contributed by atoms with Crippen molar-refractivity contribution in [3.8, 4) is 0 Å². The van der Waals surface area contributed by atoms with E-state index < -0.39 is 5.97 Å². The highest BCUT2D eigenvalue weighted by Crippen LogP contribution is 2.02. The Balaban J connectivity index is 3.50. The van der Waals surface area contributed by atoms with Gasteiger partial charge in [-0.3, -0.25) is 4.79 Å². The molecular formula is C6H13NO2. The van der Waals surface area contributed by atoms with Crippen molar-refractivity contribution in [2.45, 2.75) is 26.3 Å². The van der Waals surface area contributed by atoms with E-state index in [-0.39, 0.29) is 12.0 Å². The highest BCUT2D eigenvalue weighted by molar-refractivity contribution is 5.69. The Morgan fingerprint density at radius 2 is 2.11 bits per heavy atom. The number of hydrogen-bond donors (Lipinski definition) is 2. The van der Waals surface area contributed by atoms with Gasteiger partial charge in [0.15, 0.2) is 0 Å². The van der Waals surface area contributed by atoms with E-state index in [0.29, 0.717) is 6.42 Å². The molecule has 0 bridgehead atoms. The van der Waals surface area contributed by atoms with E-state index in [1.54, 1.807) is 13.8 Å². The molecule has 0 heterocycles.